The topological polar surface area (TPSA) is 523 Å². The van der Waals surface area contributed by atoms with Crippen molar-refractivity contribution in [3.8, 4) is 41.8 Å². The fraction of sp³-hybridized carbons (Fsp3) is 0.629. The van der Waals surface area contributed by atoms with E-state index in [0.717, 1.165) is 120 Å². The number of para-hydroxylation sites is 2. The molecule has 32 nitrogen and oxygen atoms in total. The Morgan fingerprint density at radius 3 is 1.17 bits per heavy atom. The molecule has 0 bridgehead atoms. The van der Waals surface area contributed by atoms with E-state index < -0.39 is 81.3 Å². The van der Waals surface area contributed by atoms with Gasteiger partial charge in [0.15, 0.2) is 56.0 Å². The third kappa shape index (κ3) is 40.8. The molecular formula is C116H155N11O21S. The van der Waals surface area contributed by atoms with Crippen LogP contribution >= 0.6 is 0 Å². The van der Waals surface area contributed by atoms with Crippen LogP contribution in [0.25, 0.3) is 11.0 Å². The molecule has 1 saturated heterocycles. The Bertz CT molecular complexity index is 5640. The fourth-order valence-corrected chi connectivity index (χ4v) is 22.5. The summed E-state index contributed by atoms with van der Waals surface area (Å²) >= 11 is 0. The molecule has 149 heavy (non-hydrogen) atoms. The van der Waals surface area contributed by atoms with E-state index >= 15 is 0 Å². The number of Topliss-reactive ketones (excluding diaryl/α,β-unsaturated/α-hetero) is 10. The Kier molecular flexibility index (Phi) is 50.9. The maximum atomic E-state index is 13.3. The molecule has 12 rings (SSSR count). The summed E-state index contributed by atoms with van der Waals surface area (Å²) in [5.41, 5.74) is 2.09. The average molecular weight is 2070 g/mol. The lowest BCUT2D eigenvalue weighted by Gasteiger charge is -2.25. The molecular weight excluding hydrogens is 1920 g/mol. The summed E-state index contributed by atoms with van der Waals surface area (Å²) in [6, 6.07) is 24.1. The SMILES string of the molecule is CC(C)C[C@H](CC(=O)C1=CC=CCC1=O)C(=O)N[C@H](C#N)C[C@@H]1CCCCC1=O.CC(C)C[C@H](CC(=O)[C@H]1CCCO1)C(=O)N[C@H](C#N)C[C@@H]1CCCCC1=O.CC(C)C[C@H](CC(=O)c1cc2ccccc2o1)C(=O)N[C@H](C#N)C[C@@H]1CCCCC1=O.CC(C)C[C@H](CS(=O)(=O)c1cccc2c1OCCO2)C(=O)N[C@H](C#N)C[C@@H]1CCCCC1=O.Cc1ccc(C(=O)C[C@@H](CC(C)C)C(=O)N[C@H](C#N)C[C@@H]2CCCCC2=O)cn1. The lowest BCUT2D eigenvalue weighted by molar-refractivity contribution is -0.134. The number of pyridine rings is 1. The summed E-state index contributed by atoms with van der Waals surface area (Å²) in [6.45, 7) is 22.8. The minimum Gasteiger partial charge on any atom is -0.486 e. The van der Waals surface area contributed by atoms with Crippen LogP contribution in [0.4, 0.5) is 0 Å². The number of amides is 5. The molecule has 2 aromatic carbocycles. The van der Waals surface area contributed by atoms with Gasteiger partial charge < -0.3 is 45.2 Å². The lowest BCUT2D eigenvalue weighted by Crippen LogP contribution is -2.42. The number of aryl methyl sites for hydroxylation is 1. The van der Waals surface area contributed by atoms with Crippen molar-refractivity contribution in [2.24, 2.45) is 88.8 Å². The monoisotopic (exact) mass is 2070 g/mol. The van der Waals surface area contributed by atoms with E-state index in [0.29, 0.717) is 120 Å². The number of carbonyl (C=O) groups is 15. The van der Waals surface area contributed by atoms with Crippen molar-refractivity contribution in [2.45, 2.75) is 355 Å². The highest BCUT2D eigenvalue weighted by Crippen LogP contribution is 2.40. The molecule has 4 heterocycles. The van der Waals surface area contributed by atoms with E-state index in [-0.39, 0.29) is 214 Å². The first-order valence-corrected chi connectivity index (χ1v) is 55.5. The Balaban J connectivity index is 0.000000227. The molecule has 0 radical (unpaired) electrons. The van der Waals surface area contributed by atoms with Gasteiger partial charge in [-0.25, -0.2) is 8.42 Å². The van der Waals surface area contributed by atoms with Crippen molar-refractivity contribution in [1.82, 2.24) is 31.6 Å². The van der Waals surface area contributed by atoms with Gasteiger partial charge >= 0.3 is 0 Å². The number of benzene rings is 2. The summed E-state index contributed by atoms with van der Waals surface area (Å²) in [5.74, 6) is -4.32. The minimum atomic E-state index is -3.87. The Morgan fingerprint density at radius 2 is 0.805 bits per heavy atom. The molecule has 5 N–H and O–H groups in total. The van der Waals surface area contributed by atoms with Crippen molar-refractivity contribution >= 4 is 108 Å². The summed E-state index contributed by atoms with van der Waals surface area (Å²) < 4.78 is 48.7. The summed E-state index contributed by atoms with van der Waals surface area (Å²) in [4.78, 5) is 192. The number of ketones is 10. The molecule has 0 unspecified atom stereocenters. The van der Waals surface area contributed by atoms with Crippen LogP contribution in [0.1, 0.15) is 333 Å². The Morgan fingerprint density at radius 1 is 0.423 bits per heavy atom. The standard InChI is InChI=1S/C25H30N2O4.C24H32N2O6S.C23H31N3O3.C23H30N2O4.C21H32N2O4/c1-16(2)11-19(13-22(29)24-14-18-8-4-6-10-23(18)31-24)25(30)27-20(15-26)12-17-7-3-5-9-21(17)28;1-16(2)12-18(24(28)26-19(14-25)13-17-6-3-4-7-20(17)27)15-33(29,30)22-9-5-8-21-23(22)32-11-10-31-21;1-15(2)10-19(12-22(28)18-9-8-16(3)25-14-18)23(29)26-20(13-24)11-17-6-4-5-7-21(17)27;1-15(2)11-17(13-22(28)19-8-4-6-10-21(19)27)23(29)25-18(14-24)12-16-7-3-5-9-20(16)26;1-14(2)10-16(12-19(25)20-8-5-9-27-20)21(26)23-17(13-22)11-15-6-3-4-7-18(15)24/h4,6,8,10,14,16-17,19-20H,3,5,7,9,11-13H2,1-2H3,(H,27,30);5,8-9,16-19H,3-4,6-7,10-13,15H2,1-2H3,(H,26,28);8-9,14-15,17,19-20H,4-7,10-12H2,1-3H3,(H,26,29);4,6,8,15-18H,3,5,7,9-13H2,1-2H3,(H,25,29);14-17,20H,3-12H2,1-2H3,(H,23,26)/t17-,19+,20-;17-,18+,19-;17-,19+,20-;16-,17+,18-;15-,16+,17-,20+/m00000/s1. The quantitative estimate of drug-likeness (QED) is 0.0203. The molecule has 2 aromatic heterocycles. The van der Waals surface area contributed by atoms with Gasteiger partial charge in [-0.3, -0.25) is 76.9 Å². The number of ether oxygens (including phenoxy) is 3. The molecule has 8 aliphatic rings. The van der Waals surface area contributed by atoms with Crippen LogP contribution in [-0.4, -0.2) is 163 Å². The molecule has 16 atom stereocenters. The van der Waals surface area contributed by atoms with Crippen LogP contribution in [0.3, 0.4) is 0 Å². The molecule has 5 saturated carbocycles. The molecule has 5 amide bonds. The van der Waals surface area contributed by atoms with E-state index in [1.165, 1.54) is 18.3 Å². The van der Waals surface area contributed by atoms with Gasteiger partial charge in [0.05, 0.1) is 47.6 Å². The fourth-order valence-electron chi connectivity index (χ4n) is 20.7. The number of hydrogen-bond acceptors (Lipinski definition) is 27. The van der Waals surface area contributed by atoms with Crippen molar-refractivity contribution in [2.75, 3.05) is 25.6 Å². The van der Waals surface area contributed by atoms with E-state index in [4.69, 9.17) is 18.6 Å². The first kappa shape index (κ1) is 122. The maximum absolute atomic E-state index is 13.3. The number of hydrogen-bond donors (Lipinski definition) is 5. The third-order valence-electron chi connectivity index (χ3n) is 28.6. The van der Waals surface area contributed by atoms with Crippen LogP contribution in [0.5, 0.6) is 11.5 Å². The van der Waals surface area contributed by atoms with Gasteiger partial charge in [0.2, 0.25) is 29.5 Å². The highest BCUT2D eigenvalue weighted by Gasteiger charge is 2.40. The third-order valence-corrected chi connectivity index (χ3v) is 30.4. The predicted molar refractivity (Wildman–Crippen MR) is 558 cm³/mol. The second-order valence-corrected chi connectivity index (χ2v) is 45.4. The van der Waals surface area contributed by atoms with Crippen LogP contribution in [-0.2, 0) is 76.9 Å². The molecule has 4 aromatic rings. The smallest absolute Gasteiger partial charge is 0.225 e. The van der Waals surface area contributed by atoms with Gasteiger partial charge in [-0.2, -0.15) is 26.3 Å². The minimum absolute atomic E-state index is 0.00546. The van der Waals surface area contributed by atoms with E-state index in [2.05, 4.69) is 61.9 Å². The number of nitriles is 5. The van der Waals surface area contributed by atoms with Gasteiger partial charge in [0, 0.05) is 147 Å². The first-order valence-electron chi connectivity index (χ1n) is 53.9. The summed E-state index contributed by atoms with van der Waals surface area (Å²) in [6.07, 6.45) is 28.0. The van der Waals surface area contributed by atoms with Crippen LogP contribution in [0, 0.1) is 152 Å². The van der Waals surface area contributed by atoms with Gasteiger partial charge in [0.1, 0.15) is 88.9 Å². The molecule has 2 aliphatic heterocycles. The zero-order valence-electron chi connectivity index (χ0n) is 88.9. The van der Waals surface area contributed by atoms with Crippen molar-refractivity contribution in [3.63, 3.8) is 0 Å². The number of fused-ring (bicyclic) bond motifs is 2. The summed E-state index contributed by atoms with van der Waals surface area (Å²) in [5, 5.41) is 62.2. The highest BCUT2D eigenvalue weighted by atomic mass is 32.2. The molecule has 6 fully saturated rings. The van der Waals surface area contributed by atoms with E-state index in [1.54, 1.807) is 48.6 Å². The zero-order chi connectivity index (χ0) is 109. The molecule has 0 spiro atoms. The van der Waals surface area contributed by atoms with Gasteiger partial charge in [0.25, 0.3) is 0 Å². The van der Waals surface area contributed by atoms with Crippen molar-refractivity contribution in [3.05, 3.63) is 108 Å². The van der Waals surface area contributed by atoms with E-state index in [1.807, 2.05) is 94.4 Å². The highest BCUT2D eigenvalue weighted by molar-refractivity contribution is 7.91. The van der Waals surface area contributed by atoms with Gasteiger partial charge in [-0.15, -0.1) is 0 Å². The van der Waals surface area contributed by atoms with Crippen LogP contribution < -0.4 is 36.1 Å². The van der Waals surface area contributed by atoms with Gasteiger partial charge in [-0.05, 0) is 220 Å². The number of furan rings is 1. The Hall–Kier alpha value is -12.4. The van der Waals surface area contributed by atoms with Gasteiger partial charge in [-0.1, -0.05) is 138 Å². The molecule has 806 valence electrons. The molecule has 6 aliphatic carbocycles. The normalized spacial score (nSPS) is 20.6. The number of carbonyl (C=O) groups excluding carboxylic acids is 15. The number of rotatable bonds is 45. The second-order valence-electron chi connectivity index (χ2n) is 43.4. The zero-order valence-corrected chi connectivity index (χ0v) is 89.7. The van der Waals surface area contributed by atoms with Crippen molar-refractivity contribution in [1.29, 1.82) is 26.3 Å². The van der Waals surface area contributed by atoms with Crippen molar-refractivity contribution < 1.29 is 99.0 Å². The lowest BCUT2D eigenvalue weighted by atomic mass is 9.83. The number of sulfone groups is 1. The second kappa shape index (κ2) is 62.3. The van der Waals surface area contributed by atoms with Crippen LogP contribution in [0.2, 0.25) is 0 Å². The number of nitrogens with one attached hydrogen (secondary N) is 5. The summed E-state index contributed by atoms with van der Waals surface area (Å²) in [7, 11) is -3.87. The first-order chi connectivity index (χ1) is 71.1. The Labute approximate surface area is 878 Å². The van der Waals surface area contributed by atoms with Crippen LogP contribution in [0.15, 0.2) is 100.0 Å². The largest absolute Gasteiger partial charge is 0.486 e. The number of allylic oxidation sites excluding steroid dienone is 4. The average Bonchev–Trinajstić information content (AvgIpc) is 1.60. The predicted octanol–water partition coefficient (Wildman–Crippen LogP) is 17.8. The van der Waals surface area contributed by atoms with E-state index in [9.17, 15) is 107 Å². The molecule has 33 heteroatoms. The maximum Gasteiger partial charge on any atom is 0.225 e. The number of nitrogens with zero attached hydrogens (tertiary/aromatic N) is 6. The number of aromatic nitrogens is 1.